The zero-order valence-electron chi connectivity index (χ0n) is 12.9. The Labute approximate surface area is 132 Å². The maximum atomic E-state index is 12.1. The molecule has 0 radical (unpaired) electrons. The van der Waals surface area contributed by atoms with E-state index in [1.54, 1.807) is 0 Å². The normalized spacial score (nSPS) is 25.0. The molecule has 1 aromatic carbocycles. The first kappa shape index (κ1) is 15.1. The van der Waals surface area contributed by atoms with Gasteiger partial charge < -0.3 is 5.32 Å². The molecule has 4 heteroatoms. The van der Waals surface area contributed by atoms with Crippen LogP contribution in [0.4, 0.5) is 0 Å². The fraction of sp³-hybridized carbons (Fsp3) is 0.556. The van der Waals surface area contributed by atoms with Crippen LogP contribution in [-0.4, -0.2) is 36.5 Å². The molecule has 1 saturated carbocycles. The Morgan fingerprint density at radius 1 is 1.18 bits per heavy atom. The number of hydrogen-bond donors (Lipinski definition) is 1. The lowest BCUT2D eigenvalue weighted by Gasteiger charge is -2.37. The summed E-state index contributed by atoms with van der Waals surface area (Å²) in [6.45, 7) is 2.68. The van der Waals surface area contributed by atoms with E-state index in [0.717, 1.165) is 25.9 Å². The molecule has 2 aliphatic rings. The number of nitriles is 1. The third-order valence-electron chi connectivity index (χ3n) is 4.83. The highest BCUT2D eigenvalue weighted by molar-refractivity contribution is 5.78. The first-order valence-corrected chi connectivity index (χ1v) is 8.26. The topological polar surface area (TPSA) is 56.1 Å². The van der Waals surface area contributed by atoms with Gasteiger partial charge in [0.25, 0.3) is 0 Å². The van der Waals surface area contributed by atoms with Crippen LogP contribution in [0.15, 0.2) is 24.3 Å². The standard InChI is InChI=1S/C18H23N3O/c19-12-14-4-6-15(7-5-14)16-10-17(11-16)20-18(22)13-21-8-2-1-3-9-21/h4-7,16-17H,1-3,8-11,13H2,(H,20,22). The van der Waals surface area contributed by atoms with E-state index >= 15 is 0 Å². The Morgan fingerprint density at radius 2 is 1.86 bits per heavy atom. The van der Waals surface area contributed by atoms with Gasteiger partial charge in [0.15, 0.2) is 0 Å². The molecule has 0 atom stereocenters. The minimum absolute atomic E-state index is 0.171. The Morgan fingerprint density at radius 3 is 2.50 bits per heavy atom. The van der Waals surface area contributed by atoms with Crippen LogP contribution in [0.2, 0.25) is 0 Å². The van der Waals surface area contributed by atoms with Crippen molar-refractivity contribution in [3.8, 4) is 6.07 Å². The summed E-state index contributed by atoms with van der Waals surface area (Å²) in [6.07, 6.45) is 5.76. The third-order valence-corrected chi connectivity index (χ3v) is 4.83. The van der Waals surface area contributed by atoms with Gasteiger partial charge in [0.1, 0.15) is 0 Å². The summed E-state index contributed by atoms with van der Waals surface area (Å²) >= 11 is 0. The van der Waals surface area contributed by atoms with Crippen molar-refractivity contribution in [1.29, 1.82) is 5.26 Å². The number of piperidine rings is 1. The summed E-state index contributed by atoms with van der Waals surface area (Å²) in [5.41, 5.74) is 1.98. The Hall–Kier alpha value is -1.86. The second kappa shape index (κ2) is 6.93. The monoisotopic (exact) mass is 297 g/mol. The van der Waals surface area contributed by atoms with Crippen molar-refractivity contribution < 1.29 is 4.79 Å². The number of hydrogen-bond acceptors (Lipinski definition) is 3. The Kier molecular flexibility index (Phi) is 4.74. The van der Waals surface area contributed by atoms with E-state index in [9.17, 15) is 4.79 Å². The van der Waals surface area contributed by atoms with Gasteiger partial charge in [0, 0.05) is 6.04 Å². The summed E-state index contributed by atoms with van der Waals surface area (Å²) in [4.78, 5) is 14.3. The van der Waals surface area contributed by atoms with E-state index in [2.05, 4.69) is 16.3 Å². The summed E-state index contributed by atoms with van der Waals surface area (Å²) in [6, 6.07) is 10.3. The average molecular weight is 297 g/mol. The van der Waals surface area contributed by atoms with Crippen molar-refractivity contribution >= 4 is 5.91 Å². The van der Waals surface area contributed by atoms with Gasteiger partial charge in [0.2, 0.25) is 5.91 Å². The van der Waals surface area contributed by atoms with Gasteiger partial charge in [-0.25, -0.2) is 0 Å². The molecule has 1 N–H and O–H groups in total. The van der Waals surface area contributed by atoms with Crippen LogP contribution < -0.4 is 5.32 Å². The molecule has 0 spiro atoms. The van der Waals surface area contributed by atoms with Crippen molar-refractivity contribution in [2.75, 3.05) is 19.6 Å². The fourth-order valence-electron chi connectivity index (χ4n) is 3.43. The van der Waals surface area contributed by atoms with Gasteiger partial charge in [-0.1, -0.05) is 18.6 Å². The predicted molar refractivity (Wildman–Crippen MR) is 85.4 cm³/mol. The number of amides is 1. The molecule has 1 aromatic rings. The first-order chi connectivity index (χ1) is 10.7. The number of carbonyl (C=O) groups excluding carboxylic acids is 1. The summed E-state index contributed by atoms with van der Waals surface area (Å²) < 4.78 is 0. The molecule has 116 valence electrons. The van der Waals surface area contributed by atoms with Crippen LogP contribution in [0.3, 0.4) is 0 Å². The van der Waals surface area contributed by atoms with E-state index < -0.39 is 0 Å². The van der Waals surface area contributed by atoms with Crippen LogP contribution in [-0.2, 0) is 4.79 Å². The van der Waals surface area contributed by atoms with E-state index in [-0.39, 0.29) is 5.91 Å². The number of likely N-dealkylation sites (tertiary alicyclic amines) is 1. The summed E-state index contributed by atoms with van der Waals surface area (Å²) in [5, 5.41) is 12.0. The fourth-order valence-corrected chi connectivity index (χ4v) is 3.43. The van der Waals surface area contributed by atoms with Gasteiger partial charge in [-0.2, -0.15) is 5.26 Å². The van der Waals surface area contributed by atoms with E-state index in [4.69, 9.17) is 5.26 Å². The summed E-state index contributed by atoms with van der Waals surface area (Å²) in [7, 11) is 0. The van der Waals surface area contributed by atoms with Gasteiger partial charge in [0.05, 0.1) is 18.2 Å². The molecular formula is C18H23N3O. The smallest absolute Gasteiger partial charge is 0.234 e. The quantitative estimate of drug-likeness (QED) is 0.928. The molecule has 22 heavy (non-hydrogen) atoms. The molecule has 2 fully saturated rings. The highest BCUT2D eigenvalue weighted by Gasteiger charge is 2.31. The van der Waals surface area contributed by atoms with Crippen LogP contribution in [0, 0.1) is 11.3 Å². The zero-order chi connectivity index (χ0) is 15.4. The lowest BCUT2D eigenvalue weighted by Crippen LogP contribution is -2.47. The van der Waals surface area contributed by atoms with Crippen LogP contribution in [0.25, 0.3) is 0 Å². The second-order valence-corrected chi connectivity index (χ2v) is 6.50. The summed E-state index contributed by atoms with van der Waals surface area (Å²) in [5.74, 6) is 0.693. The van der Waals surface area contributed by atoms with Crippen LogP contribution in [0.5, 0.6) is 0 Å². The third kappa shape index (κ3) is 3.66. The minimum atomic E-state index is 0.171. The lowest BCUT2D eigenvalue weighted by atomic mass is 9.75. The number of carbonyl (C=O) groups is 1. The van der Waals surface area contributed by atoms with E-state index in [0.29, 0.717) is 24.1 Å². The Balaban J connectivity index is 1.41. The van der Waals surface area contributed by atoms with Gasteiger partial charge in [-0.05, 0) is 62.4 Å². The highest BCUT2D eigenvalue weighted by Crippen LogP contribution is 2.36. The predicted octanol–water partition coefficient (Wildman–Crippen LogP) is 2.41. The maximum Gasteiger partial charge on any atom is 0.234 e. The number of rotatable bonds is 4. The lowest BCUT2D eigenvalue weighted by molar-refractivity contribution is -0.123. The molecule has 1 aliphatic carbocycles. The van der Waals surface area contributed by atoms with E-state index in [1.807, 2.05) is 24.3 Å². The van der Waals surface area contributed by atoms with Crippen molar-refractivity contribution in [1.82, 2.24) is 10.2 Å². The van der Waals surface area contributed by atoms with Crippen molar-refractivity contribution in [3.63, 3.8) is 0 Å². The number of nitrogens with one attached hydrogen (secondary N) is 1. The molecule has 0 unspecified atom stereocenters. The molecule has 0 aromatic heterocycles. The average Bonchev–Trinajstić information content (AvgIpc) is 2.52. The Bertz CT molecular complexity index is 549. The van der Waals surface area contributed by atoms with Crippen LogP contribution >= 0.6 is 0 Å². The molecular weight excluding hydrogens is 274 g/mol. The van der Waals surface area contributed by atoms with Crippen molar-refractivity contribution in [3.05, 3.63) is 35.4 Å². The maximum absolute atomic E-state index is 12.1. The molecule has 1 saturated heterocycles. The minimum Gasteiger partial charge on any atom is -0.352 e. The molecule has 1 aliphatic heterocycles. The van der Waals surface area contributed by atoms with Gasteiger partial charge in [-0.3, -0.25) is 9.69 Å². The zero-order valence-corrected chi connectivity index (χ0v) is 12.9. The second-order valence-electron chi connectivity index (χ2n) is 6.50. The van der Waals surface area contributed by atoms with E-state index in [1.165, 1.54) is 24.8 Å². The largest absolute Gasteiger partial charge is 0.352 e. The molecule has 1 amide bonds. The van der Waals surface area contributed by atoms with Crippen molar-refractivity contribution in [2.24, 2.45) is 0 Å². The SMILES string of the molecule is N#Cc1ccc(C2CC(NC(=O)CN3CCCCC3)C2)cc1. The highest BCUT2D eigenvalue weighted by atomic mass is 16.2. The molecule has 1 heterocycles. The van der Waals surface area contributed by atoms with Gasteiger partial charge >= 0.3 is 0 Å². The molecule has 3 rings (SSSR count). The number of benzene rings is 1. The van der Waals surface area contributed by atoms with Crippen LogP contribution in [0.1, 0.15) is 49.1 Å². The molecule has 0 bridgehead atoms. The van der Waals surface area contributed by atoms with Gasteiger partial charge in [-0.15, -0.1) is 0 Å². The van der Waals surface area contributed by atoms with Crippen molar-refractivity contribution in [2.45, 2.75) is 44.1 Å². The molecule has 4 nitrogen and oxygen atoms in total. The number of nitrogens with zero attached hydrogens (tertiary/aromatic N) is 2. The first-order valence-electron chi connectivity index (χ1n) is 8.26.